The zero-order valence-corrected chi connectivity index (χ0v) is 11.5. The number of amides is 1. The fourth-order valence-electron chi connectivity index (χ4n) is 1.30. The third-order valence-corrected chi connectivity index (χ3v) is 3.44. The van der Waals surface area contributed by atoms with E-state index in [9.17, 15) is 9.59 Å². The van der Waals surface area contributed by atoms with Crippen molar-refractivity contribution in [2.75, 3.05) is 18.7 Å². The van der Waals surface area contributed by atoms with Crippen molar-refractivity contribution in [2.24, 2.45) is 0 Å². The molecule has 1 aromatic carbocycles. The smallest absolute Gasteiger partial charge is 0.309 e. The second kappa shape index (κ2) is 7.06. The first kappa shape index (κ1) is 14.6. The maximum Gasteiger partial charge on any atom is 0.309 e. The van der Waals surface area contributed by atoms with E-state index in [2.05, 4.69) is 10.1 Å². The van der Waals surface area contributed by atoms with E-state index in [1.165, 1.54) is 18.9 Å². The van der Waals surface area contributed by atoms with Crippen molar-refractivity contribution in [1.29, 1.82) is 0 Å². The highest BCUT2D eigenvalue weighted by molar-refractivity contribution is 7.99. The van der Waals surface area contributed by atoms with Crippen LogP contribution in [-0.2, 0) is 20.7 Å². The minimum atomic E-state index is -0.275. The molecule has 0 aliphatic rings. The zero-order valence-electron chi connectivity index (χ0n) is 10.7. The minimum Gasteiger partial charge on any atom is -0.469 e. The molecule has 1 rings (SSSR count). The van der Waals surface area contributed by atoms with Crippen LogP contribution in [0, 0.1) is 0 Å². The van der Waals surface area contributed by atoms with Gasteiger partial charge < -0.3 is 10.1 Å². The van der Waals surface area contributed by atoms with Crippen molar-refractivity contribution in [2.45, 2.75) is 18.6 Å². The number of hydrogen-bond acceptors (Lipinski definition) is 4. The van der Waals surface area contributed by atoms with E-state index in [0.717, 1.165) is 11.3 Å². The molecule has 0 fully saturated rings. The van der Waals surface area contributed by atoms with Crippen molar-refractivity contribution in [3.05, 3.63) is 29.8 Å². The van der Waals surface area contributed by atoms with Gasteiger partial charge in [0.15, 0.2) is 0 Å². The van der Waals surface area contributed by atoms with E-state index in [1.807, 2.05) is 13.2 Å². The van der Waals surface area contributed by atoms with Crippen LogP contribution in [0.3, 0.4) is 0 Å². The summed E-state index contributed by atoms with van der Waals surface area (Å²) in [6, 6.07) is 7.17. The van der Waals surface area contributed by atoms with Crippen LogP contribution in [0.15, 0.2) is 24.3 Å². The van der Waals surface area contributed by atoms with Crippen molar-refractivity contribution < 1.29 is 14.3 Å². The number of hydrogen-bond donors (Lipinski definition) is 1. The van der Waals surface area contributed by atoms with Gasteiger partial charge in [0.2, 0.25) is 5.91 Å². The van der Waals surface area contributed by atoms with E-state index in [4.69, 9.17) is 0 Å². The third-order valence-electron chi connectivity index (χ3n) is 2.52. The molecule has 0 unspecified atom stereocenters. The molecule has 1 amide bonds. The quantitative estimate of drug-likeness (QED) is 0.830. The molecular weight excluding hydrogens is 250 g/mol. The summed E-state index contributed by atoms with van der Waals surface area (Å²) >= 11 is 1.49. The molecule has 0 bridgehead atoms. The Morgan fingerprint density at radius 1 is 1.33 bits per heavy atom. The number of thioether (sulfide) groups is 1. The van der Waals surface area contributed by atoms with E-state index in [1.54, 1.807) is 24.3 Å². The molecular formula is C13H17NO3S. The summed E-state index contributed by atoms with van der Waals surface area (Å²) in [6.45, 7) is 1.85. The summed E-state index contributed by atoms with van der Waals surface area (Å²) in [6.07, 6.45) is 2.13. The molecule has 4 nitrogen and oxygen atoms in total. The predicted molar refractivity (Wildman–Crippen MR) is 73.8 cm³/mol. The Balaban J connectivity index is 2.60. The van der Waals surface area contributed by atoms with Crippen LogP contribution in [0.25, 0.3) is 0 Å². The van der Waals surface area contributed by atoms with Crippen LogP contribution >= 0.6 is 11.8 Å². The highest BCUT2D eigenvalue weighted by Gasteiger charge is 2.11. The highest BCUT2D eigenvalue weighted by atomic mass is 32.2. The molecule has 1 atom stereocenters. The molecule has 0 aliphatic heterocycles. The Kier molecular flexibility index (Phi) is 5.71. The Labute approximate surface area is 111 Å². The largest absolute Gasteiger partial charge is 0.469 e. The van der Waals surface area contributed by atoms with Gasteiger partial charge in [0.1, 0.15) is 0 Å². The minimum absolute atomic E-state index is 0.0248. The summed E-state index contributed by atoms with van der Waals surface area (Å²) in [5.41, 5.74) is 1.59. The highest BCUT2D eigenvalue weighted by Crippen LogP contribution is 2.13. The summed E-state index contributed by atoms with van der Waals surface area (Å²) in [5, 5.41) is 2.73. The lowest BCUT2D eigenvalue weighted by Gasteiger charge is -2.10. The molecule has 5 heteroatoms. The average Bonchev–Trinajstić information content (AvgIpc) is 2.39. The molecule has 0 heterocycles. The normalized spacial score (nSPS) is 11.7. The number of anilines is 1. The standard InChI is InChI=1S/C13H17NO3S/c1-9(18-3)13(16)14-11-6-4-10(5-7-11)8-12(15)17-2/h4-7,9H,8H2,1-3H3,(H,14,16)/t9-/m1/s1. The molecule has 98 valence electrons. The first-order valence-electron chi connectivity index (χ1n) is 5.56. The first-order chi connectivity index (χ1) is 8.56. The van der Waals surface area contributed by atoms with Gasteiger partial charge in [-0.25, -0.2) is 0 Å². The van der Waals surface area contributed by atoms with Gasteiger partial charge in [-0.2, -0.15) is 11.8 Å². The number of ether oxygens (including phenoxy) is 1. The lowest BCUT2D eigenvalue weighted by Crippen LogP contribution is -2.22. The number of esters is 1. The Hall–Kier alpha value is -1.49. The summed E-state index contributed by atoms with van der Waals surface area (Å²) in [7, 11) is 1.36. The molecule has 0 radical (unpaired) electrons. The maximum atomic E-state index is 11.6. The predicted octanol–water partition coefficient (Wildman–Crippen LogP) is 2.09. The Morgan fingerprint density at radius 2 is 1.94 bits per heavy atom. The SMILES string of the molecule is COC(=O)Cc1ccc(NC(=O)[C@@H](C)SC)cc1. The van der Waals surface area contributed by atoms with Crippen LogP contribution in [0.5, 0.6) is 0 Å². The topological polar surface area (TPSA) is 55.4 Å². The van der Waals surface area contributed by atoms with E-state index >= 15 is 0 Å². The number of carbonyl (C=O) groups excluding carboxylic acids is 2. The summed E-state index contributed by atoms with van der Waals surface area (Å²) in [5.74, 6) is -0.300. The number of methoxy groups -OCH3 is 1. The molecule has 0 aromatic heterocycles. The maximum absolute atomic E-state index is 11.6. The van der Waals surface area contributed by atoms with Crippen LogP contribution in [0.2, 0.25) is 0 Å². The second-order valence-corrected chi connectivity index (χ2v) is 5.00. The number of benzene rings is 1. The third kappa shape index (κ3) is 4.41. The van der Waals surface area contributed by atoms with Crippen molar-refractivity contribution in [3.63, 3.8) is 0 Å². The first-order valence-corrected chi connectivity index (χ1v) is 6.85. The molecule has 1 aromatic rings. The van der Waals surface area contributed by atoms with Gasteiger partial charge in [-0.15, -0.1) is 0 Å². The van der Waals surface area contributed by atoms with Crippen molar-refractivity contribution in [1.82, 2.24) is 0 Å². The lowest BCUT2D eigenvalue weighted by molar-refractivity contribution is -0.139. The fourth-order valence-corrected chi connectivity index (χ4v) is 1.57. The van der Waals surface area contributed by atoms with E-state index in [0.29, 0.717) is 0 Å². The van der Waals surface area contributed by atoms with Gasteiger partial charge in [0.25, 0.3) is 0 Å². The Morgan fingerprint density at radius 3 is 2.44 bits per heavy atom. The van der Waals surface area contributed by atoms with Gasteiger partial charge in [0.05, 0.1) is 18.8 Å². The number of carbonyl (C=O) groups is 2. The lowest BCUT2D eigenvalue weighted by atomic mass is 10.1. The van der Waals surface area contributed by atoms with Gasteiger partial charge in [0, 0.05) is 5.69 Å². The summed E-state index contributed by atoms with van der Waals surface area (Å²) in [4.78, 5) is 22.7. The molecule has 18 heavy (non-hydrogen) atoms. The average molecular weight is 267 g/mol. The molecule has 0 aliphatic carbocycles. The molecule has 0 spiro atoms. The number of nitrogens with one attached hydrogen (secondary N) is 1. The molecule has 0 saturated heterocycles. The van der Waals surface area contributed by atoms with E-state index < -0.39 is 0 Å². The molecule has 1 N–H and O–H groups in total. The Bertz CT molecular complexity index is 417. The summed E-state index contributed by atoms with van der Waals surface area (Å²) < 4.78 is 4.58. The zero-order chi connectivity index (χ0) is 13.5. The van der Waals surface area contributed by atoms with Gasteiger partial charge in [-0.3, -0.25) is 9.59 Å². The van der Waals surface area contributed by atoms with Crippen LogP contribution < -0.4 is 5.32 Å². The van der Waals surface area contributed by atoms with Crippen LogP contribution in [0.4, 0.5) is 5.69 Å². The number of rotatable bonds is 5. The van der Waals surface area contributed by atoms with E-state index in [-0.39, 0.29) is 23.5 Å². The van der Waals surface area contributed by atoms with Gasteiger partial charge in [-0.1, -0.05) is 12.1 Å². The van der Waals surface area contributed by atoms with Gasteiger partial charge >= 0.3 is 5.97 Å². The van der Waals surface area contributed by atoms with Gasteiger partial charge in [-0.05, 0) is 30.9 Å². The second-order valence-electron chi connectivity index (χ2n) is 3.82. The fraction of sp³-hybridized carbons (Fsp3) is 0.385. The van der Waals surface area contributed by atoms with Crippen LogP contribution in [-0.4, -0.2) is 30.5 Å². The van der Waals surface area contributed by atoms with Crippen molar-refractivity contribution >= 4 is 29.3 Å². The monoisotopic (exact) mass is 267 g/mol. The van der Waals surface area contributed by atoms with Crippen molar-refractivity contribution in [3.8, 4) is 0 Å². The van der Waals surface area contributed by atoms with Crippen LogP contribution in [0.1, 0.15) is 12.5 Å². The molecule has 0 saturated carbocycles.